The predicted octanol–water partition coefficient (Wildman–Crippen LogP) is 4.01. The number of halogens is 2. The van der Waals surface area contributed by atoms with Gasteiger partial charge in [-0.3, -0.25) is 4.79 Å². The molecule has 3 rings (SSSR count). The zero-order chi connectivity index (χ0) is 16.2. The van der Waals surface area contributed by atoms with Gasteiger partial charge in [-0.2, -0.15) is 0 Å². The van der Waals surface area contributed by atoms with Gasteiger partial charge in [-0.15, -0.1) is 23.7 Å². The highest BCUT2D eigenvalue weighted by Gasteiger charge is 2.17. The van der Waals surface area contributed by atoms with Crippen LogP contribution in [-0.4, -0.2) is 25.5 Å². The number of carbonyl (C=O) groups excluding carboxylic acids is 1. The minimum absolute atomic E-state index is 0. The molecular formula is C18H22ClFN2OS. The molecule has 3 nitrogen and oxygen atoms in total. The van der Waals surface area contributed by atoms with E-state index in [0.29, 0.717) is 17.3 Å². The third-order valence-corrected chi connectivity index (χ3v) is 5.30. The third kappa shape index (κ3) is 4.56. The molecule has 0 bridgehead atoms. The van der Waals surface area contributed by atoms with Gasteiger partial charge in [0.25, 0.3) is 5.91 Å². The number of amides is 1. The van der Waals surface area contributed by atoms with Crippen LogP contribution in [0.2, 0.25) is 0 Å². The second-order valence-electron chi connectivity index (χ2n) is 6.01. The molecule has 6 heteroatoms. The van der Waals surface area contributed by atoms with E-state index in [1.54, 1.807) is 12.1 Å². The third-order valence-electron chi connectivity index (χ3n) is 4.25. The number of piperidine rings is 1. The van der Waals surface area contributed by atoms with Crippen LogP contribution in [0.4, 0.5) is 4.39 Å². The topological polar surface area (TPSA) is 41.1 Å². The van der Waals surface area contributed by atoms with Crippen LogP contribution in [0.15, 0.2) is 30.3 Å². The summed E-state index contributed by atoms with van der Waals surface area (Å²) in [6, 6.07) is 8.30. The van der Waals surface area contributed by atoms with Crippen molar-refractivity contribution in [1.29, 1.82) is 0 Å². The molecule has 0 spiro atoms. The maximum Gasteiger partial charge on any atom is 0.261 e. The van der Waals surface area contributed by atoms with E-state index in [-0.39, 0.29) is 24.1 Å². The van der Waals surface area contributed by atoms with Crippen molar-refractivity contribution in [3.8, 4) is 11.1 Å². The number of thiophene rings is 1. The number of hydrogen-bond donors (Lipinski definition) is 2. The zero-order valence-electron chi connectivity index (χ0n) is 13.6. The van der Waals surface area contributed by atoms with Gasteiger partial charge in [-0.25, -0.2) is 4.39 Å². The number of nitrogens with one attached hydrogen (secondary N) is 2. The molecule has 1 atom stereocenters. The van der Waals surface area contributed by atoms with E-state index in [2.05, 4.69) is 10.6 Å². The summed E-state index contributed by atoms with van der Waals surface area (Å²) in [5.74, 6) is 0.253. The van der Waals surface area contributed by atoms with Gasteiger partial charge < -0.3 is 10.6 Å². The Morgan fingerprint density at radius 2 is 2.12 bits per heavy atom. The maximum absolute atomic E-state index is 13.0. The molecule has 1 aliphatic heterocycles. The fourth-order valence-corrected chi connectivity index (χ4v) is 3.89. The largest absolute Gasteiger partial charge is 0.351 e. The Labute approximate surface area is 152 Å². The summed E-state index contributed by atoms with van der Waals surface area (Å²) in [6.07, 6.45) is 2.34. The molecule has 1 unspecified atom stereocenters. The maximum atomic E-state index is 13.0. The van der Waals surface area contributed by atoms with Crippen LogP contribution in [-0.2, 0) is 0 Å². The normalized spacial score (nSPS) is 17.2. The fraction of sp³-hybridized carbons (Fsp3) is 0.389. The van der Waals surface area contributed by atoms with Crippen molar-refractivity contribution in [1.82, 2.24) is 10.6 Å². The van der Waals surface area contributed by atoms with Crippen LogP contribution in [0.3, 0.4) is 0 Å². The first-order valence-electron chi connectivity index (χ1n) is 7.99. The van der Waals surface area contributed by atoms with Crippen molar-refractivity contribution in [2.45, 2.75) is 19.8 Å². The highest BCUT2D eigenvalue weighted by molar-refractivity contribution is 7.14. The van der Waals surface area contributed by atoms with Gasteiger partial charge in [0.1, 0.15) is 5.82 Å². The number of benzene rings is 1. The van der Waals surface area contributed by atoms with Crippen molar-refractivity contribution < 1.29 is 9.18 Å². The van der Waals surface area contributed by atoms with Crippen LogP contribution < -0.4 is 10.6 Å². The summed E-state index contributed by atoms with van der Waals surface area (Å²) >= 11 is 1.49. The average Bonchev–Trinajstić information content (AvgIpc) is 2.96. The summed E-state index contributed by atoms with van der Waals surface area (Å²) in [5, 5.41) is 6.40. The minimum atomic E-state index is -0.249. The van der Waals surface area contributed by atoms with E-state index in [0.717, 1.165) is 35.5 Å². The smallest absolute Gasteiger partial charge is 0.261 e. The number of hydrogen-bond acceptors (Lipinski definition) is 3. The second-order valence-corrected chi connectivity index (χ2v) is 7.27. The lowest BCUT2D eigenvalue weighted by atomic mass is 10.00. The molecule has 2 heterocycles. The highest BCUT2D eigenvalue weighted by atomic mass is 35.5. The molecule has 2 aromatic rings. The Balaban J connectivity index is 0.00000208. The highest BCUT2D eigenvalue weighted by Crippen LogP contribution is 2.31. The SMILES string of the molecule is Cc1sc(C(=O)NCC2CCCNC2)cc1-c1ccc(F)cc1.Cl. The zero-order valence-corrected chi connectivity index (χ0v) is 15.2. The first-order valence-corrected chi connectivity index (χ1v) is 8.80. The van der Waals surface area contributed by atoms with Crippen LogP contribution >= 0.6 is 23.7 Å². The molecule has 0 aliphatic carbocycles. The molecule has 130 valence electrons. The van der Waals surface area contributed by atoms with Crippen molar-refractivity contribution in [3.05, 3.63) is 45.9 Å². The van der Waals surface area contributed by atoms with Crippen LogP contribution in [0, 0.1) is 18.7 Å². The molecule has 1 aliphatic rings. The Morgan fingerprint density at radius 3 is 2.79 bits per heavy atom. The summed E-state index contributed by atoms with van der Waals surface area (Å²) < 4.78 is 13.0. The first kappa shape index (κ1) is 18.9. The molecule has 0 radical (unpaired) electrons. The average molecular weight is 369 g/mol. The lowest BCUT2D eigenvalue weighted by Crippen LogP contribution is -2.37. The van der Waals surface area contributed by atoms with Gasteiger partial charge >= 0.3 is 0 Å². The van der Waals surface area contributed by atoms with Crippen LogP contribution in [0.5, 0.6) is 0 Å². The van der Waals surface area contributed by atoms with Gasteiger partial charge in [0.15, 0.2) is 0 Å². The van der Waals surface area contributed by atoms with Crippen molar-refractivity contribution in [2.24, 2.45) is 5.92 Å². The van der Waals surface area contributed by atoms with Gasteiger partial charge in [-0.1, -0.05) is 12.1 Å². The van der Waals surface area contributed by atoms with Crippen LogP contribution in [0.25, 0.3) is 11.1 Å². The Morgan fingerprint density at radius 1 is 1.38 bits per heavy atom. The predicted molar refractivity (Wildman–Crippen MR) is 99.6 cm³/mol. The second kappa shape index (κ2) is 8.60. The molecule has 24 heavy (non-hydrogen) atoms. The lowest BCUT2D eigenvalue weighted by Gasteiger charge is -2.22. The van der Waals surface area contributed by atoms with Gasteiger partial charge in [0.2, 0.25) is 0 Å². The van der Waals surface area contributed by atoms with Gasteiger partial charge in [-0.05, 0) is 68.1 Å². The number of aryl methyl sites for hydroxylation is 1. The summed E-state index contributed by atoms with van der Waals surface area (Å²) in [5.41, 5.74) is 1.94. The summed E-state index contributed by atoms with van der Waals surface area (Å²) in [7, 11) is 0. The molecule has 2 N–H and O–H groups in total. The molecule has 1 fully saturated rings. The summed E-state index contributed by atoms with van der Waals surface area (Å²) in [4.78, 5) is 14.1. The molecule has 1 aromatic heterocycles. The molecule has 1 aromatic carbocycles. The van der Waals surface area contributed by atoms with Crippen molar-refractivity contribution in [3.63, 3.8) is 0 Å². The van der Waals surface area contributed by atoms with Crippen molar-refractivity contribution in [2.75, 3.05) is 19.6 Å². The number of rotatable bonds is 4. The Hall–Kier alpha value is -1.43. The van der Waals surface area contributed by atoms with Crippen LogP contribution in [0.1, 0.15) is 27.4 Å². The molecule has 1 amide bonds. The first-order chi connectivity index (χ1) is 11.1. The van der Waals surface area contributed by atoms with E-state index >= 15 is 0 Å². The van der Waals surface area contributed by atoms with E-state index in [1.807, 2.05) is 13.0 Å². The van der Waals surface area contributed by atoms with Gasteiger partial charge in [0, 0.05) is 11.4 Å². The quantitative estimate of drug-likeness (QED) is 0.856. The fourth-order valence-electron chi connectivity index (χ4n) is 2.93. The minimum Gasteiger partial charge on any atom is -0.351 e. The van der Waals surface area contributed by atoms with E-state index in [4.69, 9.17) is 0 Å². The number of carbonyl (C=O) groups is 1. The Bertz CT molecular complexity index is 681. The monoisotopic (exact) mass is 368 g/mol. The molecular weight excluding hydrogens is 347 g/mol. The van der Waals surface area contributed by atoms with Crippen molar-refractivity contribution >= 4 is 29.7 Å². The standard InChI is InChI=1S/C18H21FN2OS.ClH/c1-12-16(14-4-6-15(19)7-5-14)9-17(23-12)18(22)21-11-13-3-2-8-20-10-13;/h4-7,9,13,20H,2-3,8,10-11H2,1H3,(H,21,22);1H. The molecule has 0 saturated carbocycles. The van der Waals surface area contributed by atoms with E-state index < -0.39 is 0 Å². The molecule has 1 saturated heterocycles. The van der Waals surface area contributed by atoms with E-state index in [9.17, 15) is 9.18 Å². The Kier molecular flexibility index (Phi) is 6.78. The van der Waals surface area contributed by atoms with Gasteiger partial charge in [0.05, 0.1) is 4.88 Å². The lowest BCUT2D eigenvalue weighted by molar-refractivity contribution is 0.0949. The summed E-state index contributed by atoms with van der Waals surface area (Å²) in [6.45, 7) is 4.76. The van der Waals surface area contributed by atoms with E-state index in [1.165, 1.54) is 29.9 Å².